The van der Waals surface area contributed by atoms with Crippen LogP contribution in [0.3, 0.4) is 0 Å². The van der Waals surface area contributed by atoms with Gasteiger partial charge in [-0.1, -0.05) is 18.2 Å². The molecule has 18 heavy (non-hydrogen) atoms. The Labute approximate surface area is 110 Å². The van der Waals surface area contributed by atoms with Crippen molar-refractivity contribution < 1.29 is 0 Å². The van der Waals surface area contributed by atoms with E-state index in [0.717, 1.165) is 19.0 Å². The normalized spacial score (nSPS) is 19.2. The first-order valence-corrected chi connectivity index (χ1v) is 7.26. The molecule has 98 valence electrons. The number of nitrogens with one attached hydrogen (secondary N) is 2. The number of anilines is 1. The highest BCUT2D eigenvalue weighted by Crippen LogP contribution is 2.39. The molecule has 3 rings (SSSR count). The average Bonchev–Trinajstić information content (AvgIpc) is 3.21. The van der Waals surface area contributed by atoms with Crippen molar-refractivity contribution in [3.8, 4) is 0 Å². The van der Waals surface area contributed by atoms with Crippen LogP contribution in [0.4, 0.5) is 5.69 Å². The van der Waals surface area contributed by atoms with E-state index in [2.05, 4.69) is 42.7 Å². The van der Waals surface area contributed by atoms with E-state index in [4.69, 9.17) is 0 Å². The van der Waals surface area contributed by atoms with Crippen LogP contribution in [-0.2, 0) is 13.0 Å². The quantitative estimate of drug-likeness (QED) is 0.849. The van der Waals surface area contributed by atoms with Gasteiger partial charge in [-0.25, -0.2) is 0 Å². The molecule has 2 aliphatic rings. The van der Waals surface area contributed by atoms with Gasteiger partial charge in [0.15, 0.2) is 0 Å². The van der Waals surface area contributed by atoms with Crippen LogP contribution >= 0.6 is 0 Å². The van der Waals surface area contributed by atoms with Gasteiger partial charge < -0.3 is 10.6 Å². The first-order chi connectivity index (χ1) is 8.67. The number of para-hydroxylation sites is 1. The van der Waals surface area contributed by atoms with Crippen LogP contribution in [0.2, 0.25) is 0 Å². The van der Waals surface area contributed by atoms with Crippen molar-refractivity contribution in [2.75, 3.05) is 11.9 Å². The van der Waals surface area contributed by atoms with Crippen molar-refractivity contribution in [2.45, 2.75) is 51.6 Å². The van der Waals surface area contributed by atoms with Gasteiger partial charge in [-0.2, -0.15) is 0 Å². The molecular weight excluding hydrogens is 220 g/mol. The molecule has 2 nitrogen and oxygen atoms in total. The molecule has 1 aromatic rings. The second-order valence-electron chi connectivity index (χ2n) is 6.33. The van der Waals surface area contributed by atoms with Gasteiger partial charge in [-0.05, 0) is 56.6 Å². The Balaban J connectivity index is 1.72. The molecular formula is C16H24N2. The zero-order valence-corrected chi connectivity index (χ0v) is 11.6. The minimum atomic E-state index is 0.289. The highest BCUT2D eigenvalue weighted by Gasteiger charge is 2.37. The van der Waals surface area contributed by atoms with Crippen molar-refractivity contribution in [2.24, 2.45) is 5.92 Å². The molecule has 0 bridgehead atoms. The molecule has 0 amide bonds. The Kier molecular flexibility index (Phi) is 3.06. The number of hydrogen-bond acceptors (Lipinski definition) is 2. The van der Waals surface area contributed by atoms with E-state index < -0.39 is 0 Å². The SMILES string of the molecule is CC(C)(NCc1cccc2c1NCCC2)C1CC1. The lowest BCUT2D eigenvalue weighted by atomic mass is 9.96. The van der Waals surface area contributed by atoms with Crippen molar-refractivity contribution in [3.63, 3.8) is 0 Å². The second-order valence-corrected chi connectivity index (χ2v) is 6.33. The average molecular weight is 244 g/mol. The van der Waals surface area contributed by atoms with E-state index in [1.165, 1.54) is 42.5 Å². The summed E-state index contributed by atoms with van der Waals surface area (Å²) in [7, 11) is 0. The number of benzene rings is 1. The van der Waals surface area contributed by atoms with Gasteiger partial charge >= 0.3 is 0 Å². The van der Waals surface area contributed by atoms with Crippen LogP contribution < -0.4 is 10.6 Å². The summed E-state index contributed by atoms with van der Waals surface area (Å²) < 4.78 is 0. The van der Waals surface area contributed by atoms with E-state index in [1.54, 1.807) is 0 Å². The van der Waals surface area contributed by atoms with Gasteiger partial charge in [-0.15, -0.1) is 0 Å². The van der Waals surface area contributed by atoms with Gasteiger partial charge in [0.05, 0.1) is 0 Å². The molecule has 0 unspecified atom stereocenters. The van der Waals surface area contributed by atoms with Crippen LogP contribution in [0, 0.1) is 5.92 Å². The summed E-state index contributed by atoms with van der Waals surface area (Å²) >= 11 is 0. The predicted molar refractivity (Wildman–Crippen MR) is 76.9 cm³/mol. The van der Waals surface area contributed by atoms with Crippen molar-refractivity contribution >= 4 is 5.69 Å². The summed E-state index contributed by atoms with van der Waals surface area (Å²) in [4.78, 5) is 0. The van der Waals surface area contributed by atoms with E-state index in [1.807, 2.05) is 0 Å². The molecule has 0 radical (unpaired) electrons. The van der Waals surface area contributed by atoms with Crippen LogP contribution in [0.5, 0.6) is 0 Å². The summed E-state index contributed by atoms with van der Waals surface area (Å²) in [6, 6.07) is 6.72. The molecule has 1 fully saturated rings. The molecule has 1 aromatic carbocycles. The fraction of sp³-hybridized carbons (Fsp3) is 0.625. The van der Waals surface area contributed by atoms with Crippen molar-refractivity contribution in [3.05, 3.63) is 29.3 Å². The molecule has 2 heteroatoms. The molecule has 0 aromatic heterocycles. The van der Waals surface area contributed by atoms with E-state index in [-0.39, 0.29) is 5.54 Å². The van der Waals surface area contributed by atoms with Gasteiger partial charge in [0.2, 0.25) is 0 Å². The van der Waals surface area contributed by atoms with Gasteiger partial charge in [0.25, 0.3) is 0 Å². The maximum absolute atomic E-state index is 3.75. The van der Waals surface area contributed by atoms with Crippen molar-refractivity contribution in [1.82, 2.24) is 5.32 Å². The number of hydrogen-bond donors (Lipinski definition) is 2. The minimum Gasteiger partial charge on any atom is -0.385 e. The standard InChI is InChI=1S/C16H24N2/c1-16(2,14-8-9-14)18-11-13-6-3-5-12-7-4-10-17-15(12)13/h3,5-6,14,17-18H,4,7-11H2,1-2H3. The lowest BCUT2D eigenvalue weighted by Gasteiger charge is -2.28. The maximum Gasteiger partial charge on any atom is 0.0418 e. The Bertz CT molecular complexity index is 433. The van der Waals surface area contributed by atoms with Crippen LogP contribution in [0.25, 0.3) is 0 Å². The summed E-state index contributed by atoms with van der Waals surface area (Å²) in [5.41, 5.74) is 4.60. The zero-order chi connectivity index (χ0) is 12.6. The third-order valence-electron chi connectivity index (χ3n) is 4.49. The number of aryl methyl sites for hydroxylation is 1. The monoisotopic (exact) mass is 244 g/mol. The van der Waals surface area contributed by atoms with Gasteiger partial charge in [0.1, 0.15) is 0 Å². The fourth-order valence-electron chi connectivity index (χ4n) is 3.00. The molecule has 0 atom stereocenters. The zero-order valence-electron chi connectivity index (χ0n) is 11.6. The van der Waals surface area contributed by atoms with Gasteiger partial charge in [0, 0.05) is 24.3 Å². The van der Waals surface area contributed by atoms with Crippen LogP contribution in [0.1, 0.15) is 44.2 Å². The number of rotatable bonds is 4. The summed E-state index contributed by atoms with van der Waals surface area (Å²) in [5.74, 6) is 0.880. The summed E-state index contributed by atoms with van der Waals surface area (Å²) in [5, 5.41) is 7.32. The summed E-state index contributed by atoms with van der Waals surface area (Å²) in [6.07, 6.45) is 5.27. The highest BCUT2D eigenvalue weighted by molar-refractivity contribution is 5.59. The van der Waals surface area contributed by atoms with E-state index in [9.17, 15) is 0 Å². The first kappa shape index (κ1) is 12.0. The fourth-order valence-corrected chi connectivity index (χ4v) is 3.00. The molecule has 1 heterocycles. The van der Waals surface area contributed by atoms with E-state index in [0.29, 0.717) is 0 Å². The molecule has 0 saturated heterocycles. The first-order valence-electron chi connectivity index (χ1n) is 7.26. The van der Waals surface area contributed by atoms with Crippen LogP contribution in [0.15, 0.2) is 18.2 Å². The predicted octanol–water partition coefficient (Wildman–Crippen LogP) is 3.32. The molecule has 0 spiro atoms. The smallest absolute Gasteiger partial charge is 0.0418 e. The molecule has 1 aliphatic carbocycles. The topological polar surface area (TPSA) is 24.1 Å². The molecule has 2 N–H and O–H groups in total. The Hall–Kier alpha value is -1.02. The third-order valence-corrected chi connectivity index (χ3v) is 4.49. The molecule has 1 aliphatic heterocycles. The lowest BCUT2D eigenvalue weighted by molar-refractivity contribution is 0.339. The van der Waals surface area contributed by atoms with Crippen molar-refractivity contribution in [1.29, 1.82) is 0 Å². The van der Waals surface area contributed by atoms with E-state index >= 15 is 0 Å². The third kappa shape index (κ3) is 2.39. The summed E-state index contributed by atoms with van der Waals surface area (Å²) in [6.45, 7) is 6.79. The highest BCUT2D eigenvalue weighted by atomic mass is 15.0. The Morgan fingerprint density at radius 3 is 2.94 bits per heavy atom. The largest absolute Gasteiger partial charge is 0.385 e. The second kappa shape index (κ2) is 4.58. The minimum absolute atomic E-state index is 0.289. The van der Waals surface area contributed by atoms with Gasteiger partial charge in [-0.3, -0.25) is 0 Å². The number of fused-ring (bicyclic) bond motifs is 1. The molecule has 1 saturated carbocycles. The Morgan fingerprint density at radius 1 is 1.33 bits per heavy atom. The van der Waals surface area contributed by atoms with Crippen LogP contribution in [-0.4, -0.2) is 12.1 Å². The Morgan fingerprint density at radius 2 is 2.17 bits per heavy atom. The maximum atomic E-state index is 3.75. The lowest BCUT2D eigenvalue weighted by Crippen LogP contribution is -2.41.